The average Bonchev–Trinajstić information content (AvgIpc) is 2.30. The van der Waals surface area contributed by atoms with Gasteiger partial charge in [-0.15, -0.1) is 0 Å². The van der Waals surface area contributed by atoms with E-state index in [0.29, 0.717) is 0 Å². The van der Waals surface area contributed by atoms with E-state index in [4.69, 9.17) is 5.73 Å². The van der Waals surface area contributed by atoms with Crippen LogP contribution < -0.4 is 5.73 Å². The zero-order valence-electron chi connectivity index (χ0n) is 7.93. The second-order valence-corrected chi connectivity index (χ2v) is 3.30. The Labute approximate surface area is 84.2 Å². The van der Waals surface area contributed by atoms with E-state index >= 15 is 0 Å². The molecule has 0 amide bonds. The molecule has 0 aliphatic heterocycles. The zero-order chi connectivity index (χ0) is 9.80. The van der Waals surface area contributed by atoms with Crippen LogP contribution in [0.2, 0.25) is 0 Å². The van der Waals surface area contributed by atoms with Gasteiger partial charge in [0.15, 0.2) is 0 Å². The fraction of sp³-hybridized carbons (Fsp3) is 0.0769. The molecule has 0 radical (unpaired) electrons. The lowest BCUT2D eigenvalue weighted by Gasteiger charge is -2.11. The van der Waals surface area contributed by atoms with Crippen molar-refractivity contribution in [1.29, 1.82) is 0 Å². The molecule has 1 heteroatoms. The van der Waals surface area contributed by atoms with E-state index in [0.717, 1.165) is 11.1 Å². The van der Waals surface area contributed by atoms with Crippen LogP contribution in [0.3, 0.4) is 0 Å². The lowest BCUT2D eigenvalue weighted by atomic mass is 10.1. The molecule has 0 saturated carbocycles. The minimum atomic E-state index is -0.0163. The topological polar surface area (TPSA) is 26.0 Å². The third-order valence-corrected chi connectivity index (χ3v) is 2.32. The Bertz CT molecular complexity index is 341. The van der Waals surface area contributed by atoms with Gasteiger partial charge in [0.25, 0.3) is 0 Å². The third kappa shape index (κ3) is 1.83. The van der Waals surface area contributed by atoms with Crippen LogP contribution in [-0.2, 0) is 0 Å². The van der Waals surface area contributed by atoms with E-state index in [1.807, 2.05) is 36.4 Å². The van der Waals surface area contributed by atoms with Gasteiger partial charge in [-0.2, -0.15) is 0 Å². The van der Waals surface area contributed by atoms with E-state index in [1.165, 1.54) is 0 Å². The van der Waals surface area contributed by atoms with E-state index in [2.05, 4.69) is 24.3 Å². The molecule has 70 valence electrons. The zero-order valence-corrected chi connectivity index (χ0v) is 7.93. The molecule has 2 N–H and O–H groups in total. The Balaban J connectivity index is 2.30. The van der Waals surface area contributed by atoms with Gasteiger partial charge in [-0.05, 0) is 11.1 Å². The van der Waals surface area contributed by atoms with Crippen molar-refractivity contribution in [3.05, 3.63) is 71.8 Å². The molecular weight excluding hydrogens is 176 g/mol. The van der Waals surface area contributed by atoms with Crippen molar-refractivity contribution < 1.29 is 0 Å². The van der Waals surface area contributed by atoms with E-state index in [-0.39, 0.29) is 6.04 Å². The van der Waals surface area contributed by atoms with Crippen LogP contribution in [0.5, 0.6) is 0 Å². The fourth-order valence-electron chi connectivity index (χ4n) is 1.51. The monoisotopic (exact) mass is 189 g/mol. The highest BCUT2D eigenvalue weighted by atomic mass is 14.9. The van der Waals surface area contributed by atoms with E-state index in [9.17, 15) is 0 Å². The van der Waals surface area contributed by atoms with Crippen molar-refractivity contribution in [2.24, 2.45) is 5.73 Å². The molecule has 0 saturated heterocycles. The number of hydrogen-bond acceptors (Lipinski definition) is 1. The Hall–Kier alpha value is -1.60. The highest BCUT2D eigenvalue weighted by molar-refractivity contribution is 5.30. The highest BCUT2D eigenvalue weighted by Gasteiger charge is 2.06. The summed E-state index contributed by atoms with van der Waals surface area (Å²) >= 11 is 0. The maximum absolute atomic E-state index is 6.12. The summed E-state index contributed by atoms with van der Waals surface area (Å²) < 4.78 is 0. The molecular formula is C13H13N. The molecule has 0 spiro atoms. The molecule has 0 aromatic heterocycles. The molecule has 1 nitrogen and oxygen atoms in total. The summed E-state index contributed by atoms with van der Waals surface area (Å²) in [6.45, 7) is 0. The first-order valence-corrected chi connectivity index (χ1v) is 4.73. The van der Waals surface area contributed by atoms with Gasteiger partial charge in [0.1, 0.15) is 0 Å². The summed E-state index contributed by atoms with van der Waals surface area (Å²) in [7, 11) is 0. The Morgan fingerprint density at radius 2 is 1.00 bits per heavy atom. The van der Waals surface area contributed by atoms with Gasteiger partial charge in [-0.1, -0.05) is 60.7 Å². The molecule has 14 heavy (non-hydrogen) atoms. The number of benzene rings is 2. The van der Waals surface area contributed by atoms with Crippen molar-refractivity contribution in [3.8, 4) is 0 Å². The summed E-state index contributed by atoms with van der Waals surface area (Å²) in [5.41, 5.74) is 8.42. The van der Waals surface area contributed by atoms with Crippen LogP contribution >= 0.6 is 0 Å². The molecule has 0 bridgehead atoms. The van der Waals surface area contributed by atoms with Crippen LogP contribution in [-0.4, -0.2) is 0 Å². The molecule has 0 aliphatic carbocycles. The van der Waals surface area contributed by atoms with Gasteiger partial charge >= 0.3 is 0 Å². The molecule has 2 rings (SSSR count). The van der Waals surface area contributed by atoms with Crippen LogP contribution in [0.1, 0.15) is 17.2 Å². The largest absolute Gasteiger partial charge is 0.320 e. The van der Waals surface area contributed by atoms with Crippen LogP contribution in [0.4, 0.5) is 0 Å². The van der Waals surface area contributed by atoms with Crippen LogP contribution in [0.25, 0.3) is 0 Å². The molecule has 0 aliphatic rings. The first kappa shape index (κ1) is 8.97. The molecule has 1 atom stereocenters. The average molecular weight is 189 g/mol. The Morgan fingerprint density at radius 1 is 0.643 bits per heavy atom. The normalized spacial score (nSPS) is 12.4. The predicted molar refractivity (Wildman–Crippen MR) is 58.9 cm³/mol. The van der Waals surface area contributed by atoms with Crippen molar-refractivity contribution >= 4 is 0 Å². The summed E-state index contributed by atoms with van der Waals surface area (Å²) in [6.07, 6.45) is 0. The Morgan fingerprint density at radius 3 is 1.36 bits per heavy atom. The number of hydrogen-bond donors (Lipinski definition) is 1. The van der Waals surface area contributed by atoms with Crippen molar-refractivity contribution in [2.45, 2.75) is 6.04 Å². The molecule has 0 fully saturated rings. The first-order valence-electron chi connectivity index (χ1n) is 4.73. The molecule has 0 unspecified atom stereocenters. The second-order valence-electron chi connectivity index (χ2n) is 3.30. The first-order chi connectivity index (χ1) is 6.88. The van der Waals surface area contributed by atoms with Gasteiger partial charge in [-0.3, -0.25) is 0 Å². The van der Waals surface area contributed by atoms with E-state index in [1.54, 1.807) is 0 Å². The van der Waals surface area contributed by atoms with Gasteiger partial charge in [0.05, 0.1) is 6.04 Å². The standard InChI is InChI=1S/C13H13N/c14-13(11-7-3-1-4-8-11)12-9-5-2-6-10-12/h1-10,13H,14H2/i1+1,3+1,4+1,7+1,8+1,11+1/t13-/m0/s1. The lowest BCUT2D eigenvalue weighted by Crippen LogP contribution is -2.11. The number of nitrogens with two attached hydrogens (primary N) is 1. The van der Waals surface area contributed by atoms with Gasteiger partial charge in [-0.25, -0.2) is 0 Å². The minimum absolute atomic E-state index is 0.0163. The maximum Gasteiger partial charge on any atom is 0.0551 e. The van der Waals surface area contributed by atoms with Crippen LogP contribution in [0, 0.1) is 0 Å². The second kappa shape index (κ2) is 4.07. The Kier molecular flexibility index (Phi) is 2.61. The van der Waals surface area contributed by atoms with Crippen LogP contribution in [0.15, 0.2) is 60.7 Å². The summed E-state index contributed by atoms with van der Waals surface area (Å²) in [6, 6.07) is 20.2. The molecule has 0 heterocycles. The third-order valence-electron chi connectivity index (χ3n) is 2.32. The van der Waals surface area contributed by atoms with Crippen molar-refractivity contribution in [3.63, 3.8) is 0 Å². The summed E-state index contributed by atoms with van der Waals surface area (Å²) in [5, 5.41) is 0. The van der Waals surface area contributed by atoms with Gasteiger partial charge < -0.3 is 5.73 Å². The maximum atomic E-state index is 6.12. The fourth-order valence-corrected chi connectivity index (χ4v) is 1.51. The summed E-state index contributed by atoms with van der Waals surface area (Å²) in [5.74, 6) is 0. The van der Waals surface area contributed by atoms with Gasteiger partial charge in [0.2, 0.25) is 0 Å². The number of rotatable bonds is 2. The van der Waals surface area contributed by atoms with Crippen molar-refractivity contribution in [1.82, 2.24) is 0 Å². The summed E-state index contributed by atoms with van der Waals surface area (Å²) in [4.78, 5) is 0. The molecule has 2 aromatic rings. The SMILES string of the molecule is N[C@H](c1ccccc1)[13c]1[13cH][13cH][13cH][13cH][13cH]1. The predicted octanol–water partition coefficient (Wildman–Crippen LogP) is 2.73. The smallest absolute Gasteiger partial charge is 0.0551 e. The molecule has 2 aromatic carbocycles. The quantitative estimate of drug-likeness (QED) is 0.772. The van der Waals surface area contributed by atoms with Gasteiger partial charge in [0, 0.05) is 0 Å². The van der Waals surface area contributed by atoms with Crippen molar-refractivity contribution in [2.75, 3.05) is 0 Å². The highest BCUT2D eigenvalue weighted by Crippen LogP contribution is 2.18. The lowest BCUT2D eigenvalue weighted by molar-refractivity contribution is 0.871. The van der Waals surface area contributed by atoms with E-state index < -0.39 is 0 Å². The minimum Gasteiger partial charge on any atom is -0.320 e.